The highest BCUT2D eigenvalue weighted by molar-refractivity contribution is 5.86. The lowest BCUT2D eigenvalue weighted by Gasteiger charge is -2.42. The highest BCUT2D eigenvalue weighted by Crippen LogP contribution is 2.36. The van der Waals surface area contributed by atoms with Gasteiger partial charge < -0.3 is 8.98 Å². The molecule has 0 amide bonds. The molecular weight excluding hydrogens is 386 g/mol. The van der Waals surface area contributed by atoms with E-state index < -0.39 is 0 Å². The van der Waals surface area contributed by atoms with Crippen LogP contribution in [0.3, 0.4) is 0 Å². The van der Waals surface area contributed by atoms with Gasteiger partial charge in [-0.2, -0.15) is 0 Å². The van der Waals surface area contributed by atoms with E-state index in [1.165, 1.54) is 22.9 Å². The van der Waals surface area contributed by atoms with Gasteiger partial charge in [-0.3, -0.25) is 9.69 Å². The van der Waals surface area contributed by atoms with E-state index >= 15 is 0 Å². The molecule has 5 heteroatoms. The maximum absolute atomic E-state index is 12.3. The molecular formula is C26H25N3O2. The average molecular weight is 412 g/mol. The summed E-state index contributed by atoms with van der Waals surface area (Å²) in [6, 6.07) is 20.4. The standard InChI is InChI=1S/C26H25N3O2/c1-17-23(27-26(31-17)21-10-9-19-5-2-3-6-20(19)12-21)16-28-13-18-11-22(15-28)24-7-4-8-25(30)29(24)14-18/h2-10,12,18,22H,11,13-16H2,1H3/t18-,22-/m0/s1. The van der Waals surface area contributed by atoms with Gasteiger partial charge in [0.25, 0.3) is 5.56 Å². The molecule has 1 fully saturated rings. The zero-order valence-electron chi connectivity index (χ0n) is 17.6. The zero-order valence-corrected chi connectivity index (χ0v) is 17.6. The maximum atomic E-state index is 12.3. The van der Waals surface area contributed by atoms with Gasteiger partial charge >= 0.3 is 0 Å². The molecule has 4 heterocycles. The molecule has 0 radical (unpaired) electrons. The van der Waals surface area contributed by atoms with E-state index in [0.717, 1.165) is 43.2 Å². The van der Waals surface area contributed by atoms with Crippen LogP contribution in [0.5, 0.6) is 0 Å². The molecule has 0 unspecified atom stereocenters. The van der Waals surface area contributed by atoms with Crippen LogP contribution >= 0.6 is 0 Å². The van der Waals surface area contributed by atoms with Crippen molar-refractivity contribution in [1.29, 1.82) is 0 Å². The normalized spacial score (nSPS) is 20.7. The number of aryl methyl sites for hydroxylation is 1. The van der Waals surface area contributed by atoms with Crippen LogP contribution in [0.25, 0.3) is 22.2 Å². The number of rotatable bonds is 3. The van der Waals surface area contributed by atoms with Gasteiger partial charge in [-0.05, 0) is 48.2 Å². The largest absolute Gasteiger partial charge is 0.441 e. The van der Waals surface area contributed by atoms with Crippen LogP contribution in [0.15, 0.2) is 69.9 Å². The summed E-state index contributed by atoms with van der Waals surface area (Å²) >= 11 is 0. The van der Waals surface area contributed by atoms with Gasteiger partial charge in [0, 0.05) is 49.4 Å². The molecule has 2 aliphatic heterocycles. The average Bonchev–Trinajstić information content (AvgIpc) is 3.14. The van der Waals surface area contributed by atoms with Crippen LogP contribution in [-0.2, 0) is 13.1 Å². The predicted molar refractivity (Wildman–Crippen MR) is 121 cm³/mol. The Hall–Kier alpha value is -3.18. The minimum atomic E-state index is 0.132. The van der Waals surface area contributed by atoms with E-state index in [-0.39, 0.29) is 5.56 Å². The Morgan fingerprint density at radius 1 is 1.00 bits per heavy atom. The van der Waals surface area contributed by atoms with Crippen molar-refractivity contribution < 1.29 is 4.42 Å². The molecule has 2 atom stereocenters. The van der Waals surface area contributed by atoms with E-state index in [1.54, 1.807) is 6.07 Å². The second kappa shape index (κ2) is 7.20. The number of aromatic nitrogens is 2. The Kier molecular flexibility index (Phi) is 4.32. The monoisotopic (exact) mass is 411 g/mol. The van der Waals surface area contributed by atoms with Crippen LogP contribution in [0.1, 0.15) is 29.5 Å². The lowest BCUT2D eigenvalue weighted by atomic mass is 9.83. The van der Waals surface area contributed by atoms with Crippen molar-refractivity contribution in [3.8, 4) is 11.5 Å². The molecule has 31 heavy (non-hydrogen) atoms. The molecule has 1 saturated heterocycles. The summed E-state index contributed by atoms with van der Waals surface area (Å²) in [6.45, 7) is 5.56. The fourth-order valence-corrected chi connectivity index (χ4v) is 5.36. The number of pyridine rings is 1. The molecule has 0 saturated carbocycles. The number of oxazole rings is 1. The van der Waals surface area contributed by atoms with Crippen molar-refractivity contribution in [3.63, 3.8) is 0 Å². The third-order valence-corrected chi connectivity index (χ3v) is 6.82. The van der Waals surface area contributed by atoms with Gasteiger partial charge in [0.05, 0.1) is 5.69 Å². The Morgan fingerprint density at radius 3 is 2.77 bits per heavy atom. The number of piperidine rings is 1. The minimum absolute atomic E-state index is 0.132. The second-order valence-electron chi connectivity index (χ2n) is 8.98. The van der Waals surface area contributed by atoms with Crippen molar-refractivity contribution in [2.75, 3.05) is 13.1 Å². The Bertz CT molecular complexity index is 1340. The summed E-state index contributed by atoms with van der Waals surface area (Å²) in [6.07, 6.45) is 1.17. The predicted octanol–water partition coefficient (Wildman–Crippen LogP) is 4.58. The first-order valence-electron chi connectivity index (χ1n) is 11.0. The van der Waals surface area contributed by atoms with E-state index in [0.29, 0.717) is 17.7 Å². The summed E-state index contributed by atoms with van der Waals surface area (Å²) in [5, 5.41) is 2.41. The summed E-state index contributed by atoms with van der Waals surface area (Å²) in [7, 11) is 0. The van der Waals surface area contributed by atoms with Crippen molar-refractivity contribution in [2.45, 2.75) is 32.4 Å². The molecule has 2 bridgehead atoms. The van der Waals surface area contributed by atoms with Gasteiger partial charge in [0.15, 0.2) is 0 Å². The molecule has 2 aliphatic rings. The lowest BCUT2D eigenvalue weighted by Crippen LogP contribution is -2.46. The Morgan fingerprint density at radius 2 is 1.87 bits per heavy atom. The van der Waals surface area contributed by atoms with Crippen molar-refractivity contribution in [2.24, 2.45) is 5.92 Å². The quantitative estimate of drug-likeness (QED) is 0.495. The first-order valence-corrected chi connectivity index (χ1v) is 11.0. The smallest absolute Gasteiger partial charge is 0.250 e. The first-order chi connectivity index (χ1) is 15.1. The number of hydrogen-bond donors (Lipinski definition) is 0. The van der Waals surface area contributed by atoms with Gasteiger partial charge in [-0.15, -0.1) is 0 Å². The van der Waals surface area contributed by atoms with Gasteiger partial charge in [0.1, 0.15) is 5.76 Å². The minimum Gasteiger partial charge on any atom is -0.441 e. The molecule has 0 spiro atoms. The molecule has 4 aromatic rings. The van der Waals surface area contributed by atoms with Crippen LogP contribution in [0.2, 0.25) is 0 Å². The Balaban J connectivity index is 1.25. The molecule has 5 nitrogen and oxygen atoms in total. The lowest BCUT2D eigenvalue weighted by molar-refractivity contribution is 0.113. The maximum Gasteiger partial charge on any atom is 0.250 e. The van der Waals surface area contributed by atoms with Gasteiger partial charge in [-0.25, -0.2) is 4.98 Å². The fourth-order valence-electron chi connectivity index (χ4n) is 5.36. The summed E-state index contributed by atoms with van der Waals surface area (Å²) in [5.41, 5.74) is 3.33. The van der Waals surface area contributed by atoms with Gasteiger partial charge in [0.2, 0.25) is 5.89 Å². The van der Waals surface area contributed by atoms with E-state index in [9.17, 15) is 4.79 Å². The van der Waals surface area contributed by atoms with E-state index in [4.69, 9.17) is 9.40 Å². The van der Waals surface area contributed by atoms with Crippen molar-refractivity contribution in [1.82, 2.24) is 14.5 Å². The summed E-state index contributed by atoms with van der Waals surface area (Å²) < 4.78 is 8.06. The second-order valence-corrected chi connectivity index (χ2v) is 8.98. The SMILES string of the molecule is Cc1oc(-c2ccc3ccccc3c2)nc1CN1C[C@@H]2C[C@@H](C1)c1cccc(=O)n1C2. The van der Waals surface area contributed by atoms with Crippen molar-refractivity contribution in [3.05, 3.63) is 88.2 Å². The number of hydrogen-bond acceptors (Lipinski definition) is 4. The molecule has 2 aromatic heterocycles. The molecule has 0 N–H and O–H groups in total. The summed E-state index contributed by atoms with van der Waals surface area (Å²) in [5.74, 6) is 2.50. The highest BCUT2D eigenvalue weighted by Gasteiger charge is 2.34. The third kappa shape index (κ3) is 3.29. The highest BCUT2D eigenvalue weighted by atomic mass is 16.4. The fraction of sp³-hybridized carbons (Fsp3) is 0.308. The molecule has 6 rings (SSSR count). The van der Waals surface area contributed by atoms with Gasteiger partial charge in [-0.1, -0.05) is 36.4 Å². The number of fused-ring (bicyclic) bond motifs is 5. The molecule has 0 aliphatic carbocycles. The number of likely N-dealkylation sites (tertiary alicyclic amines) is 1. The first kappa shape index (κ1) is 18.6. The molecule has 2 aromatic carbocycles. The number of nitrogens with zero attached hydrogens (tertiary/aromatic N) is 3. The van der Waals surface area contributed by atoms with E-state index in [1.807, 2.05) is 17.6 Å². The molecule has 156 valence electrons. The van der Waals surface area contributed by atoms with Crippen molar-refractivity contribution >= 4 is 10.8 Å². The summed E-state index contributed by atoms with van der Waals surface area (Å²) in [4.78, 5) is 19.6. The van der Waals surface area contributed by atoms with Crippen LogP contribution < -0.4 is 5.56 Å². The number of benzene rings is 2. The topological polar surface area (TPSA) is 51.3 Å². The Labute approximate surface area is 181 Å². The van der Waals surface area contributed by atoms with Crippen LogP contribution in [0, 0.1) is 12.8 Å². The van der Waals surface area contributed by atoms with E-state index in [2.05, 4.69) is 53.4 Å². The zero-order chi connectivity index (χ0) is 20.9. The van der Waals surface area contributed by atoms with Crippen LogP contribution in [-0.4, -0.2) is 27.5 Å². The van der Waals surface area contributed by atoms with Crippen LogP contribution in [0.4, 0.5) is 0 Å². The third-order valence-electron chi connectivity index (χ3n) is 6.82.